The van der Waals surface area contributed by atoms with E-state index in [-0.39, 0.29) is 31.3 Å². The number of benzene rings is 1. The number of hydrogen-bond acceptors (Lipinski definition) is 5. The lowest BCUT2D eigenvalue weighted by atomic mass is 10.1. The van der Waals surface area contributed by atoms with Crippen molar-refractivity contribution in [1.82, 2.24) is 15.5 Å². The number of hydrogen-bond donors (Lipinski definition) is 2. The van der Waals surface area contributed by atoms with E-state index in [9.17, 15) is 14.4 Å². The maximum Gasteiger partial charge on any atom is 0.324 e. The summed E-state index contributed by atoms with van der Waals surface area (Å²) in [6.45, 7) is 0.489. The van der Waals surface area contributed by atoms with Crippen molar-refractivity contribution in [3.8, 4) is 5.75 Å². The Balaban J connectivity index is 1.49. The van der Waals surface area contributed by atoms with E-state index < -0.39 is 12.1 Å². The van der Waals surface area contributed by atoms with Crippen molar-refractivity contribution in [3.05, 3.63) is 54.0 Å². The van der Waals surface area contributed by atoms with Crippen LogP contribution < -0.4 is 15.4 Å². The van der Waals surface area contributed by atoms with Crippen molar-refractivity contribution in [2.24, 2.45) is 0 Å². The summed E-state index contributed by atoms with van der Waals surface area (Å²) in [7, 11) is 1.59. The summed E-state index contributed by atoms with van der Waals surface area (Å²) >= 11 is 0. The molecule has 2 heterocycles. The molecule has 0 unspecified atom stereocenters. The van der Waals surface area contributed by atoms with Gasteiger partial charge in [0.25, 0.3) is 5.91 Å². The van der Waals surface area contributed by atoms with Gasteiger partial charge < -0.3 is 19.8 Å². The van der Waals surface area contributed by atoms with Crippen LogP contribution in [0.15, 0.2) is 47.1 Å². The minimum Gasteiger partial charge on any atom is -0.497 e. The molecule has 142 valence electrons. The third-order valence-electron chi connectivity index (χ3n) is 4.32. The average Bonchev–Trinajstić information content (AvgIpc) is 3.28. The van der Waals surface area contributed by atoms with Gasteiger partial charge in [-0.1, -0.05) is 12.1 Å². The number of furan rings is 1. The van der Waals surface area contributed by atoms with Gasteiger partial charge >= 0.3 is 6.03 Å². The molecule has 1 atom stereocenters. The number of methoxy groups -OCH3 is 1. The largest absolute Gasteiger partial charge is 0.497 e. The number of ether oxygens (including phenoxy) is 1. The molecule has 0 bridgehead atoms. The second-order valence-corrected chi connectivity index (χ2v) is 6.15. The van der Waals surface area contributed by atoms with Gasteiger partial charge in [0.2, 0.25) is 5.91 Å². The monoisotopic (exact) mass is 371 g/mol. The number of rotatable bonds is 8. The molecule has 2 N–H and O–H groups in total. The summed E-state index contributed by atoms with van der Waals surface area (Å²) in [6.07, 6.45) is 1.94. The van der Waals surface area contributed by atoms with Crippen molar-refractivity contribution in [1.29, 1.82) is 0 Å². The van der Waals surface area contributed by atoms with Crippen LogP contribution in [-0.2, 0) is 22.6 Å². The van der Waals surface area contributed by atoms with Gasteiger partial charge in [-0.3, -0.25) is 14.5 Å². The van der Waals surface area contributed by atoms with Crippen molar-refractivity contribution < 1.29 is 23.5 Å². The Labute approximate surface area is 156 Å². The molecule has 0 saturated carbocycles. The van der Waals surface area contributed by atoms with Gasteiger partial charge in [0.1, 0.15) is 17.6 Å². The predicted octanol–water partition coefficient (Wildman–Crippen LogP) is 1.46. The Hall–Kier alpha value is -3.29. The lowest BCUT2D eigenvalue weighted by Crippen LogP contribution is -2.36. The normalized spacial score (nSPS) is 16.3. The second kappa shape index (κ2) is 8.39. The number of amides is 4. The molecule has 0 spiro atoms. The molecular formula is C19H21N3O5. The van der Waals surface area contributed by atoms with Crippen LogP contribution in [-0.4, -0.2) is 42.4 Å². The summed E-state index contributed by atoms with van der Waals surface area (Å²) in [5.74, 6) is 0.643. The number of carbonyl (C=O) groups excluding carboxylic acids is 3. The second-order valence-electron chi connectivity index (χ2n) is 6.15. The van der Waals surface area contributed by atoms with Crippen LogP contribution in [0.4, 0.5) is 4.79 Å². The lowest BCUT2D eigenvalue weighted by molar-refractivity contribution is -0.130. The number of urea groups is 1. The zero-order valence-corrected chi connectivity index (χ0v) is 14.9. The first-order valence-corrected chi connectivity index (χ1v) is 8.60. The number of carbonyl (C=O) groups is 3. The van der Waals surface area contributed by atoms with E-state index in [4.69, 9.17) is 9.15 Å². The summed E-state index contributed by atoms with van der Waals surface area (Å²) in [5.41, 5.74) is 0.982. The third kappa shape index (κ3) is 4.66. The quantitative estimate of drug-likeness (QED) is 0.684. The smallest absolute Gasteiger partial charge is 0.324 e. The molecular weight excluding hydrogens is 350 g/mol. The highest BCUT2D eigenvalue weighted by molar-refractivity contribution is 6.05. The fourth-order valence-electron chi connectivity index (χ4n) is 2.82. The van der Waals surface area contributed by atoms with E-state index in [2.05, 4.69) is 10.6 Å². The van der Waals surface area contributed by atoms with E-state index in [1.807, 2.05) is 24.3 Å². The van der Waals surface area contributed by atoms with Crippen molar-refractivity contribution >= 4 is 17.8 Å². The van der Waals surface area contributed by atoms with E-state index in [1.165, 1.54) is 6.26 Å². The van der Waals surface area contributed by atoms with Gasteiger partial charge in [-0.05, 0) is 36.2 Å². The lowest BCUT2D eigenvalue weighted by Gasteiger charge is -2.13. The average molecular weight is 371 g/mol. The van der Waals surface area contributed by atoms with E-state index in [1.54, 1.807) is 19.2 Å². The fraction of sp³-hybridized carbons (Fsp3) is 0.316. The molecule has 8 nitrogen and oxygen atoms in total. The van der Waals surface area contributed by atoms with Crippen LogP contribution in [0.3, 0.4) is 0 Å². The standard InChI is InChI=1S/C19H21N3O5/c1-26-14-6-4-13(5-7-14)8-9-22-18(24)16(21-19(22)25)11-17(23)20-12-15-3-2-10-27-15/h2-7,10,16H,8-9,11-12H2,1H3,(H,20,23)(H,21,25)/t16-/m0/s1. The van der Waals surface area contributed by atoms with Crippen molar-refractivity contribution in [3.63, 3.8) is 0 Å². The zero-order valence-electron chi connectivity index (χ0n) is 14.9. The van der Waals surface area contributed by atoms with Gasteiger partial charge in [0.15, 0.2) is 0 Å². The molecule has 1 aliphatic rings. The molecule has 1 aliphatic heterocycles. The highest BCUT2D eigenvalue weighted by Crippen LogP contribution is 2.14. The minimum atomic E-state index is -0.843. The summed E-state index contributed by atoms with van der Waals surface area (Å²) < 4.78 is 10.2. The molecule has 2 aromatic rings. The third-order valence-corrected chi connectivity index (χ3v) is 4.32. The molecule has 1 fully saturated rings. The van der Waals surface area contributed by atoms with Crippen LogP contribution in [0.1, 0.15) is 17.7 Å². The molecule has 8 heteroatoms. The van der Waals surface area contributed by atoms with E-state index in [0.29, 0.717) is 12.2 Å². The molecule has 0 radical (unpaired) electrons. The highest BCUT2D eigenvalue weighted by atomic mass is 16.5. The van der Waals surface area contributed by atoms with Crippen LogP contribution in [0.5, 0.6) is 5.75 Å². The van der Waals surface area contributed by atoms with Crippen LogP contribution in [0.25, 0.3) is 0 Å². The van der Waals surface area contributed by atoms with Gasteiger partial charge in [0, 0.05) is 6.54 Å². The maximum absolute atomic E-state index is 12.4. The van der Waals surface area contributed by atoms with Crippen LogP contribution in [0.2, 0.25) is 0 Å². The van der Waals surface area contributed by atoms with Gasteiger partial charge in [-0.15, -0.1) is 0 Å². The Morgan fingerprint density at radius 1 is 1.26 bits per heavy atom. The van der Waals surface area contributed by atoms with E-state index in [0.717, 1.165) is 16.2 Å². The van der Waals surface area contributed by atoms with Crippen LogP contribution >= 0.6 is 0 Å². The summed E-state index contributed by atoms with van der Waals surface area (Å²) in [6, 6.07) is 9.57. The Morgan fingerprint density at radius 3 is 2.70 bits per heavy atom. The summed E-state index contributed by atoms with van der Waals surface area (Å²) in [4.78, 5) is 37.7. The first-order chi connectivity index (χ1) is 13.1. The van der Waals surface area contributed by atoms with Crippen LogP contribution in [0, 0.1) is 0 Å². The maximum atomic E-state index is 12.4. The minimum absolute atomic E-state index is 0.107. The molecule has 0 aliphatic carbocycles. The molecule has 1 saturated heterocycles. The summed E-state index contributed by atoms with van der Waals surface area (Å²) in [5, 5.41) is 5.23. The Bertz CT molecular complexity index is 801. The number of imide groups is 1. The van der Waals surface area contributed by atoms with Crippen molar-refractivity contribution in [2.75, 3.05) is 13.7 Å². The SMILES string of the molecule is COc1ccc(CCN2C(=O)N[C@@H](CC(=O)NCc3ccco3)C2=O)cc1. The van der Waals surface area contributed by atoms with Gasteiger partial charge in [-0.2, -0.15) is 0 Å². The topological polar surface area (TPSA) is 101 Å². The zero-order chi connectivity index (χ0) is 19.2. The number of nitrogens with zero attached hydrogens (tertiary/aromatic N) is 1. The Kier molecular flexibility index (Phi) is 5.75. The molecule has 27 heavy (non-hydrogen) atoms. The number of nitrogens with one attached hydrogen (secondary N) is 2. The molecule has 4 amide bonds. The molecule has 1 aromatic carbocycles. The van der Waals surface area contributed by atoms with Gasteiger partial charge in [0.05, 0.1) is 26.3 Å². The first kappa shape index (κ1) is 18.5. The molecule has 1 aromatic heterocycles. The highest BCUT2D eigenvalue weighted by Gasteiger charge is 2.38. The fourth-order valence-corrected chi connectivity index (χ4v) is 2.82. The Morgan fingerprint density at radius 2 is 2.04 bits per heavy atom. The predicted molar refractivity (Wildman–Crippen MR) is 95.9 cm³/mol. The first-order valence-electron chi connectivity index (χ1n) is 8.60. The molecule has 3 rings (SSSR count). The van der Waals surface area contributed by atoms with Crippen molar-refractivity contribution in [2.45, 2.75) is 25.4 Å². The van der Waals surface area contributed by atoms with Gasteiger partial charge in [-0.25, -0.2) is 4.79 Å². The van der Waals surface area contributed by atoms with E-state index >= 15 is 0 Å².